The van der Waals surface area contributed by atoms with Gasteiger partial charge in [-0.05, 0) is 38.0 Å². The van der Waals surface area contributed by atoms with Crippen molar-refractivity contribution in [2.75, 3.05) is 6.61 Å². The van der Waals surface area contributed by atoms with Crippen molar-refractivity contribution in [3.63, 3.8) is 0 Å². The Morgan fingerprint density at radius 1 is 1.40 bits per heavy atom. The number of nitrogens with zero attached hydrogens (tertiary/aromatic N) is 3. The molecule has 0 spiro atoms. The van der Waals surface area contributed by atoms with Gasteiger partial charge in [0.15, 0.2) is 5.69 Å². The molecular weight excluding hydrogens is 278 g/mol. The molecule has 0 aliphatic heterocycles. The lowest BCUT2D eigenvalue weighted by Gasteiger charge is -2.32. The molecule has 1 saturated carbocycles. The average molecular weight is 300 g/mol. The number of hydrogen-bond donors (Lipinski definition) is 0. The van der Waals surface area contributed by atoms with Crippen molar-refractivity contribution in [2.45, 2.75) is 52.0 Å². The average Bonchev–Trinajstić information content (AvgIpc) is 2.86. The number of aromatic nitrogens is 3. The second kappa shape index (κ2) is 6.57. The smallest absolute Gasteiger partial charge is 0.360 e. The third-order valence-electron chi connectivity index (χ3n) is 4.30. The number of carbonyl (C=O) groups excluding carboxylic acids is 1. The highest BCUT2D eigenvalue weighted by molar-refractivity contribution is 6.17. The van der Waals surface area contributed by atoms with Gasteiger partial charge in [-0.1, -0.05) is 19.1 Å². The van der Waals surface area contributed by atoms with Gasteiger partial charge < -0.3 is 4.74 Å². The van der Waals surface area contributed by atoms with E-state index in [2.05, 4.69) is 24.2 Å². The standard InChI is InChI=1S/C14H22ClN3O2/c1-4-20-14(19)13-12(8-15)18(17-16-13)11-6-5-9(2)10(3)7-11/h9-11H,4-8H2,1-3H3. The van der Waals surface area contributed by atoms with Gasteiger partial charge in [-0.15, -0.1) is 16.7 Å². The Kier molecular flexibility index (Phi) is 5.02. The van der Waals surface area contributed by atoms with Crippen LogP contribution in [-0.4, -0.2) is 27.6 Å². The summed E-state index contributed by atoms with van der Waals surface area (Å²) in [6.07, 6.45) is 3.28. The fourth-order valence-electron chi connectivity index (χ4n) is 2.83. The Morgan fingerprint density at radius 2 is 2.15 bits per heavy atom. The van der Waals surface area contributed by atoms with Crippen molar-refractivity contribution >= 4 is 17.6 Å². The molecule has 112 valence electrons. The van der Waals surface area contributed by atoms with Crippen LogP contribution >= 0.6 is 11.6 Å². The van der Waals surface area contributed by atoms with E-state index in [0.29, 0.717) is 18.2 Å². The summed E-state index contributed by atoms with van der Waals surface area (Å²) in [5, 5.41) is 8.13. The molecule has 1 heterocycles. The molecule has 2 rings (SSSR count). The van der Waals surface area contributed by atoms with Gasteiger partial charge in [0.2, 0.25) is 0 Å². The first kappa shape index (κ1) is 15.3. The Balaban J connectivity index is 2.22. The van der Waals surface area contributed by atoms with E-state index in [1.165, 1.54) is 6.42 Å². The fraction of sp³-hybridized carbons (Fsp3) is 0.786. The highest BCUT2D eigenvalue weighted by atomic mass is 35.5. The number of rotatable bonds is 4. The van der Waals surface area contributed by atoms with E-state index in [4.69, 9.17) is 16.3 Å². The minimum Gasteiger partial charge on any atom is -0.461 e. The molecule has 3 atom stereocenters. The van der Waals surface area contributed by atoms with Crippen molar-refractivity contribution < 1.29 is 9.53 Å². The first-order valence-corrected chi connectivity index (χ1v) is 7.79. The summed E-state index contributed by atoms with van der Waals surface area (Å²) < 4.78 is 6.83. The SMILES string of the molecule is CCOC(=O)c1nnn(C2CCC(C)C(C)C2)c1CCl. The van der Waals surface area contributed by atoms with Crippen molar-refractivity contribution in [2.24, 2.45) is 11.8 Å². The van der Waals surface area contributed by atoms with E-state index in [0.717, 1.165) is 18.8 Å². The van der Waals surface area contributed by atoms with Crippen LogP contribution in [0.5, 0.6) is 0 Å². The van der Waals surface area contributed by atoms with Gasteiger partial charge in [-0.2, -0.15) is 0 Å². The number of carbonyl (C=O) groups is 1. The maximum Gasteiger partial charge on any atom is 0.360 e. The zero-order valence-corrected chi connectivity index (χ0v) is 13.1. The topological polar surface area (TPSA) is 57.0 Å². The number of halogens is 1. The van der Waals surface area contributed by atoms with Crippen LogP contribution in [0.2, 0.25) is 0 Å². The predicted molar refractivity (Wildman–Crippen MR) is 76.8 cm³/mol. The van der Waals surface area contributed by atoms with Gasteiger partial charge in [-0.25, -0.2) is 9.48 Å². The maximum atomic E-state index is 11.8. The highest BCUT2D eigenvalue weighted by Gasteiger charge is 2.30. The lowest BCUT2D eigenvalue weighted by Crippen LogP contribution is -2.25. The lowest BCUT2D eigenvalue weighted by atomic mass is 9.79. The summed E-state index contributed by atoms with van der Waals surface area (Å²) in [6.45, 7) is 6.65. The molecule has 1 aliphatic carbocycles. The second-order valence-corrected chi connectivity index (χ2v) is 5.87. The first-order valence-electron chi connectivity index (χ1n) is 7.25. The largest absolute Gasteiger partial charge is 0.461 e. The number of alkyl halides is 1. The number of esters is 1. The van der Waals surface area contributed by atoms with E-state index < -0.39 is 5.97 Å². The Bertz CT molecular complexity index is 475. The van der Waals surface area contributed by atoms with Gasteiger partial charge in [-0.3, -0.25) is 0 Å². The molecule has 0 N–H and O–H groups in total. The van der Waals surface area contributed by atoms with E-state index in [-0.39, 0.29) is 17.6 Å². The van der Waals surface area contributed by atoms with Gasteiger partial charge in [0.25, 0.3) is 0 Å². The van der Waals surface area contributed by atoms with Crippen LogP contribution < -0.4 is 0 Å². The number of hydrogen-bond acceptors (Lipinski definition) is 4. The summed E-state index contributed by atoms with van der Waals surface area (Å²) in [7, 11) is 0. The first-order chi connectivity index (χ1) is 9.58. The Hall–Kier alpha value is -1.10. The zero-order chi connectivity index (χ0) is 14.7. The molecular formula is C14H22ClN3O2. The summed E-state index contributed by atoms with van der Waals surface area (Å²) in [6, 6.07) is 0.283. The maximum absolute atomic E-state index is 11.8. The number of ether oxygens (including phenoxy) is 1. The molecule has 1 aromatic heterocycles. The molecule has 0 amide bonds. The zero-order valence-electron chi connectivity index (χ0n) is 12.3. The van der Waals surface area contributed by atoms with Gasteiger partial charge >= 0.3 is 5.97 Å². The molecule has 1 fully saturated rings. The van der Waals surface area contributed by atoms with Crippen LogP contribution in [0.4, 0.5) is 0 Å². The predicted octanol–water partition coefficient (Wildman–Crippen LogP) is 3.19. The van der Waals surface area contributed by atoms with Gasteiger partial charge in [0.05, 0.1) is 24.2 Å². The minimum atomic E-state index is -0.438. The molecule has 0 saturated heterocycles. The molecule has 0 bridgehead atoms. The van der Waals surface area contributed by atoms with Crippen molar-refractivity contribution in [3.8, 4) is 0 Å². The van der Waals surface area contributed by atoms with Crippen LogP contribution in [0.25, 0.3) is 0 Å². The molecule has 1 aliphatic rings. The quantitative estimate of drug-likeness (QED) is 0.633. The molecule has 20 heavy (non-hydrogen) atoms. The van der Waals surface area contributed by atoms with Crippen LogP contribution in [0.3, 0.4) is 0 Å². The molecule has 3 unspecified atom stereocenters. The second-order valence-electron chi connectivity index (χ2n) is 5.60. The minimum absolute atomic E-state index is 0.224. The molecule has 1 aromatic rings. The van der Waals surface area contributed by atoms with Crippen LogP contribution in [-0.2, 0) is 10.6 Å². The summed E-state index contributed by atoms with van der Waals surface area (Å²) >= 11 is 6.00. The van der Waals surface area contributed by atoms with Gasteiger partial charge in [0, 0.05) is 0 Å². The third-order valence-corrected chi connectivity index (χ3v) is 4.56. The third kappa shape index (κ3) is 2.97. The fourth-order valence-corrected chi connectivity index (χ4v) is 3.08. The highest BCUT2D eigenvalue weighted by Crippen LogP contribution is 2.36. The van der Waals surface area contributed by atoms with Crippen LogP contribution in [0.15, 0.2) is 0 Å². The van der Waals surface area contributed by atoms with Gasteiger partial charge in [0.1, 0.15) is 0 Å². The van der Waals surface area contributed by atoms with Crippen LogP contribution in [0, 0.1) is 11.8 Å². The van der Waals surface area contributed by atoms with Crippen molar-refractivity contribution in [1.82, 2.24) is 15.0 Å². The molecule has 6 heteroatoms. The monoisotopic (exact) mass is 299 g/mol. The lowest BCUT2D eigenvalue weighted by molar-refractivity contribution is 0.0518. The van der Waals surface area contributed by atoms with E-state index >= 15 is 0 Å². The van der Waals surface area contributed by atoms with E-state index in [9.17, 15) is 4.79 Å². The summed E-state index contributed by atoms with van der Waals surface area (Å²) in [4.78, 5) is 11.8. The van der Waals surface area contributed by atoms with E-state index in [1.807, 2.05) is 4.68 Å². The van der Waals surface area contributed by atoms with E-state index in [1.54, 1.807) is 6.92 Å². The van der Waals surface area contributed by atoms with Crippen LogP contribution in [0.1, 0.15) is 62.3 Å². The Morgan fingerprint density at radius 3 is 2.75 bits per heavy atom. The molecule has 0 aromatic carbocycles. The normalized spacial score (nSPS) is 26.5. The molecule has 5 nitrogen and oxygen atoms in total. The van der Waals surface area contributed by atoms with Crippen molar-refractivity contribution in [3.05, 3.63) is 11.4 Å². The molecule has 0 radical (unpaired) electrons. The summed E-state index contributed by atoms with van der Waals surface area (Å²) in [5.41, 5.74) is 0.935. The van der Waals surface area contributed by atoms with Crippen molar-refractivity contribution in [1.29, 1.82) is 0 Å². The summed E-state index contributed by atoms with van der Waals surface area (Å²) in [5.74, 6) is 1.17. The Labute approximate surface area is 124 Å².